The number of ether oxygens (including phenoxy) is 1. The Morgan fingerprint density at radius 3 is 2.44 bits per heavy atom. The number of hydrogen-bond acceptors (Lipinski definition) is 6. The van der Waals surface area contributed by atoms with Crippen LogP contribution in [0.25, 0.3) is 0 Å². The van der Waals surface area contributed by atoms with Crippen LogP contribution in [0, 0.1) is 0 Å². The van der Waals surface area contributed by atoms with Gasteiger partial charge in [0.25, 0.3) is 5.91 Å². The molecule has 0 spiro atoms. The second kappa shape index (κ2) is 10.6. The number of amides is 2. The van der Waals surface area contributed by atoms with Gasteiger partial charge in [-0.3, -0.25) is 9.59 Å². The summed E-state index contributed by atoms with van der Waals surface area (Å²) in [6, 6.07) is 5.01. The van der Waals surface area contributed by atoms with E-state index in [0.29, 0.717) is 6.54 Å². The van der Waals surface area contributed by atoms with Gasteiger partial charge in [-0.25, -0.2) is 17.9 Å². The Labute approximate surface area is 158 Å². The molecule has 0 aliphatic rings. The smallest absolute Gasteiger partial charge is 0.338 e. The van der Waals surface area contributed by atoms with Crippen LogP contribution in [0.15, 0.2) is 29.2 Å². The molecule has 27 heavy (non-hydrogen) atoms. The minimum Gasteiger partial charge on any atom is -0.452 e. The zero-order chi connectivity index (χ0) is 20.4. The van der Waals surface area contributed by atoms with Gasteiger partial charge < -0.3 is 15.4 Å². The van der Waals surface area contributed by atoms with E-state index >= 15 is 0 Å². The molecule has 0 saturated heterocycles. The molecule has 0 unspecified atom stereocenters. The molecule has 0 saturated carbocycles. The minimum absolute atomic E-state index is 0.00452. The van der Waals surface area contributed by atoms with Gasteiger partial charge >= 0.3 is 5.97 Å². The molecule has 1 rings (SSSR count). The predicted octanol–water partition coefficient (Wildman–Crippen LogP) is 0.173. The van der Waals surface area contributed by atoms with Crippen LogP contribution in [-0.2, 0) is 24.3 Å². The molecule has 9 nitrogen and oxygen atoms in total. The second-order valence-corrected chi connectivity index (χ2v) is 7.72. The van der Waals surface area contributed by atoms with Gasteiger partial charge in [0.1, 0.15) is 0 Å². The number of sulfonamides is 1. The molecule has 150 valence electrons. The highest BCUT2D eigenvalue weighted by molar-refractivity contribution is 7.89. The van der Waals surface area contributed by atoms with Gasteiger partial charge in [0.2, 0.25) is 15.9 Å². The minimum atomic E-state index is -3.75. The quantitative estimate of drug-likeness (QED) is 0.481. The Bertz CT molecular complexity index is 777. The van der Waals surface area contributed by atoms with E-state index in [2.05, 4.69) is 15.4 Å². The van der Waals surface area contributed by atoms with Crippen LogP contribution < -0.4 is 15.4 Å². The summed E-state index contributed by atoms with van der Waals surface area (Å²) in [6.45, 7) is 4.96. The van der Waals surface area contributed by atoms with E-state index in [9.17, 15) is 22.8 Å². The predicted molar refractivity (Wildman–Crippen MR) is 98.5 cm³/mol. The highest BCUT2D eigenvalue weighted by atomic mass is 32.2. The molecule has 2 amide bonds. The highest BCUT2D eigenvalue weighted by Gasteiger charge is 2.18. The Hall–Kier alpha value is -2.46. The van der Waals surface area contributed by atoms with Crippen molar-refractivity contribution in [3.8, 4) is 0 Å². The summed E-state index contributed by atoms with van der Waals surface area (Å²) in [7, 11) is -3.75. The van der Waals surface area contributed by atoms with E-state index in [1.807, 2.05) is 6.92 Å². The van der Waals surface area contributed by atoms with E-state index in [1.165, 1.54) is 24.3 Å². The monoisotopic (exact) mass is 399 g/mol. The topological polar surface area (TPSA) is 131 Å². The van der Waals surface area contributed by atoms with Crippen molar-refractivity contribution in [2.45, 2.75) is 38.1 Å². The van der Waals surface area contributed by atoms with Crippen molar-refractivity contribution in [1.82, 2.24) is 15.4 Å². The van der Waals surface area contributed by atoms with Crippen LogP contribution in [0.2, 0.25) is 0 Å². The first-order chi connectivity index (χ1) is 12.7. The summed E-state index contributed by atoms with van der Waals surface area (Å²) in [6.07, 6.45) is 0.777. The Morgan fingerprint density at radius 2 is 1.81 bits per heavy atom. The molecular weight excluding hydrogens is 374 g/mol. The average molecular weight is 399 g/mol. The molecule has 0 aliphatic carbocycles. The number of benzene rings is 1. The first-order valence-corrected chi connectivity index (χ1v) is 9.97. The van der Waals surface area contributed by atoms with Crippen molar-refractivity contribution >= 4 is 27.8 Å². The van der Waals surface area contributed by atoms with Crippen LogP contribution in [0.3, 0.4) is 0 Å². The first-order valence-electron chi connectivity index (χ1n) is 8.48. The van der Waals surface area contributed by atoms with Crippen molar-refractivity contribution < 1.29 is 27.5 Å². The standard InChI is InChI=1S/C17H25N3O6S/c1-4-8-18-15(21)10-19-16(22)11-26-17(23)13-6-5-7-14(9-13)27(24,25)20-12(2)3/h5-7,9,12,20H,4,8,10-11H2,1-3H3,(H,18,21)(H,19,22). The molecule has 1 aromatic carbocycles. The molecule has 0 fully saturated rings. The van der Waals surface area contributed by atoms with E-state index < -0.39 is 28.5 Å². The average Bonchev–Trinajstić information content (AvgIpc) is 2.61. The molecular formula is C17H25N3O6S. The Balaban J connectivity index is 2.59. The zero-order valence-electron chi connectivity index (χ0n) is 15.6. The fourth-order valence-corrected chi connectivity index (χ4v) is 3.24. The number of nitrogens with one attached hydrogen (secondary N) is 3. The largest absolute Gasteiger partial charge is 0.452 e. The van der Waals surface area contributed by atoms with Crippen molar-refractivity contribution in [2.75, 3.05) is 19.7 Å². The van der Waals surface area contributed by atoms with Crippen LogP contribution in [0.5, 0.6) is 0 Å². The summed E-state index contributed by atoms with van der Waals surface area (Å²) in [5, 5.41) is 4.91. The molecule has 0 aromatic heterocycles. The highest BCUT2D eigenvalue weighted by Crippen LogP contribution is 2.13. The van der Waals surface area contributed by atoms with Crippen LogP contribution >= 0.6 is 0 Å². The molecule has 1 aromatic rings. The fraction of sp³-hybridized carbons (Fsp3) is 0.471. The van der Waals surface area contributed by atoms with Gasteiger partial charge in [0.15, 0.2) is 6.61 Å². The van der Waals surface area contributed by atoms with Crippen LogP contribution in [0.1, 0.15) is 37.6 Å². The molecule has 0 atom stereocenters. The number of carbonyl (C=O) groups is 3. The van der Waals surface area contributed by atoms with Gasteiger partial charge in [0.05, 0.1) is 17.0 Å². The Morgan fingerprint density at radius 1 is 1.11 bits per heavy atom. The Kier molecular flexibility index (Phi) is 8.89. The van der Waals surface area contributed by atoms with Gasteiger partial charge in [-0.2, -0.15) is 0 Å². The maximum Gasteiger partial charge on any atom is 0.338 e. The lowest BCUT2D eigenvalue weighted by Gasteiger charge is -2.11. The lowest BCUT2D eigenvalue weighted by molar-refractivity contribution is -0.127. The third-order valence-corrected chi connectivity index (χ3v) is 4.78. The number of rotatable bonds is 10. The molecule has 3 N–H and O–H groups in total. The van der Waals surface area contributed by atoms with Crippen molar-refractivity contribution in [2.24, 2.45) is 0 Å². The second-order valence-electron chi connectivity index (χ2n) is 6.01. The number of esters is 1. The molecule has 0 bridgehead atoms. The summed E-state index contributed by atoms with van der Waals surface area (Å²) >= 11 is 0. The summed E-state index contributed by atoms with van der Waals surface area (Å²) in [4.78, 5) is 35.0. The van der Waals surface area contributed by atoms with Gasteiger partial charge in [-0.1, -0.05) is 13.0 Å². The first kappa shape index (κ1) is 22.6. The molecule has 0 heterocycles. The van der Waals surface area contributed by atoms with Crippen LogP contribution in [0.4, 0.5) is 0 Å². The molecule has 0 radical (unpaired) electrons. The number of carbonyl (C=O) groups excluding carboxylic acids is 3. The molecule has 0 aliphatic heterocycles. The van der Waals surface area contributed by atoms with Crippen LogP contribution in [-0.4, -0.2) is 51.9 Å². The maximum absolute atomic E-state index is 12.1. The fourth-order valence-electron chi connectivity index (χ4n) is 1.94. The van der Waals surface area contributed by atoms with Crippen molar-refractivity contribution in [3.63, 3.8) is 0 Å². The lowest BCUT2D eigenvalue weighted by atomic mass is 10.2. The van der Waals surface area contributed by atoms with Gasteiger partial charge in [-0.15, -0.1) is 0 Å². The van der Waals surface area contributed by atoms with E-state index in [4.69, 9.17) is 4.74 Å². The summed E-state index contributed by atoms with van der Waals surface area (Å²) in [5.74, 6) is -1.82. The van der Waals surface area contributed by atoms with Gasteiger partial charge in [0, 0.05) is 12.6 Å². The third-order valence-electron chi connectivity index (χ3n) is 3.12. The van der Waals surface area contributed by atoms with Crippen molar-refractivity contribution in [3.05, 3.63) is 29.8 Å². The normalized spacial score (nSPS) is 11.1. The summed E-state index contributed by atoms with van der Waals surface area (Å²) < 4.78 is 31.6. The maximum atomic E-state index is 12.1. The molecule has 10 heteroatoms. The zero-order valence-corrected chi connectivity index (χ0v) is 16.4. The summed E-state index contributed by atoms with van der Waals surface area (Å²) in [5.41, 5.74) is -0.00452. The number of hydrogen-bond donors (Lipinski definition) is 3. The van der Waals surface area contributed by atoms with E-state index in [1.54, 1.807) is 13.8 Å². The SMILES string of the molecule is CCCNC(=O)CNC(=O)COC(=O)c1cccc(S(=O)(=O)NC(C)C)c1. The van der Waals surface area contributed by atoms with Crippen molar-refractivity contribution in [1.29, 1.82) is 0 Å². The van der Waals surface area contributed by atoms with Gasteiger partial charge in [-0.05, 0) is 38.5 Å². The lowest BCUT2D eigenvalue weighted by Crippen LogP contribution is -2.38. The third kappa shape index (κ3) is 8.18. The van der Waals surface area contributed by atoms with E-state index in [0.717, 1.165) is 6.42 Å². The van der Waals surface area contributed by atoms with E-state index in [-0.39, 0.29) is 29.0 Å².